The maximum Gasteiger partial charge on any atom is 0.0406 e. The Morgan fingerprint density at radius 2 is 1.76 bits per heavy atom. The van der Waals surface area contributed by atoms with Gasteiger partial charge in [-0.2, -0.15) is 0 Å². The van der Waals surface area contributed by atoms with E-state index in [9.17, 15) is 0 Å². The van der Waals surface area contributed by atoms with Crippen LogP contribution in [0.15, 0.2) is 29.2 Å². The van der Waals surface area contributed by atoms with Gasteiger partial charge in [0.05, 0.1) is 0 Å². The summed E-state index contributed by atoms with van der Waals surface area (Å²) in [5.41, 5.74) is 0.427. The third-order valence-electron chi connectivity index (χ3n) is 2.41. The largest absolute Gasteiger partial charge is 0.316 e. The van der Waals surface area contributed by atoms with Crippen molar-refractivity contribution in [2.45, 2.75) is 32.1 Å². The first-order valence-electron chi connectivity index (χ1n) is 6.06. The van der Waals surface area contributed by atoms with Gasteiger partial charge in [-0.3, -0.25) is 0 Å². The van der Waals surface area contributed by atoms with E-state index in [1.807, 2.05) is 23.9 Å². The summed E-state index contributed by atoms with van der Waals surface area (Å²) in [5.74, 6) is 1.10. The average molecular weight is 272 g/mol. The van der Waals surface area contributed by atoms with Gasteiger partial charge in [-0.05, 0) is 42.6 Å². The summed E-state index contributed by atoms with van der Waals surface area (Å²) in [6.45, 7) is 8.99. The molecule has 0 saturated heterocycles. The predicted molar refractivity (Wildman–Crippen MR) is 79.1 cm³/mol. The van der Waals surface area contributed by atoms with Crippen LogP contribution in [0.4, 0.5) is 0 Å². The molecule has 1 N–H and O–H groups in total. The van der Waals surface area contributed by atoms with Gasteiger partial charge >= 0.3 is 0 Å². The molecule has 17 heavy (non-hydrogen) atoms. The number of thioether (sulfide) groups is 1. The number of nitrogens with one attached hydrogen (secondary N) is 1. The van der Waals surface area contributed by atoms with Crippen LogP contribution >= 0.6 is 23.4 Å². The second-order valence-corrected chi connectivity index (χ2v) is 6.97. The van der Waals surface area contributed by atoms with Crippen molar-refractivity contribution in [2.24, 2.45) is 5.41 Å². The number of rotatable bonds is 6. The summed E-state index contributed by atoms with van der Waals surface area (Å²) in [5, 5.41) is 4.28. The molecule has 0 atom stereocenters. The molecule has 0 amide bonds. The van der Waals surface area contributed by atoms with Crippen molar-refractivity contribution in [3.05, 3.63) is 29.3 Å². The highest BCUT2D eigenvalue weighted by atomic mass is 35.5. The first-order chi connectivity index (χ1) is 7.97. The van der Waals surface area contributed by atoms with Crippen molar-refractivity contribution in [1.29, 1.82) is 0 Å². The van der Waals surface area contributed by atoms with Crippen LogP contribution in [0.3, 0.4) is 0 Å². The molecule has 0 unspecified atom stereocenters. The molecule has 0 aromatic heterocycles. The molecule has 0 spiro atoms. The molecular formula is C14H22ClNS. The second kappa shape index (κ2) is 7.30. The van der Waals surface area contributed by atoms with Gasteiger partial charge in [0.2, 0.25) is 0 Å². The minimum Gasteiger partial charge on any atom is -0.316 e. The standard InChI is InChI=1S/C14H22ClNS/c1-14(2,3)8-9-16-10-11-17-13-6-4-12(15)5-7-13/h4-7,16H,8-11H2,1-3H3. The highest BCUT2D eigenvalue weighted by Gasteiger charge is 2.08. The molecule has 1 aromatic carbocycles. The Labute approximate surface area is 114 Å². The van der Waals surface area contributed by atoms with Crippen molar-refractivity contribution in [2.75, 3.05) is 18.8 Å². The normalized spacial score (nSPS) is 11.8. The fourth-order valence-corrected chi connectivity index (χ4v) is 2.30. The molecule has 0 bridgehead atoms. The van der Waals surface area contributed by atoms with Gasteiger partial charge in [-0.25, -0.2) is 0 Å². The number of hydrogen-bond donors (Lipinski definition) is 1. The molecule has 0 aliphatic heterocycles. The summed E-state index contributed by atoms with van der Waals surface area (Å²) in [4.78, 5) is 1.28. The predicted octanol–water partition coefficient (Wildman–Crippen LogP) is 4.46. The first-order valence-corrected chi connectivity index (χ1v) is 7.43. The summed E-state index contributed by atoms with van der Waals surface area (Å²) < 4.78 is 0. The van der Waals surface area contributed by atoms with Crippen LogP contribution in [0.25, 0.3) is 0 Å². The fraction of sp³-hybridized carbons (Fsp3) is 0.571. The highest BCUT2D eigenvalue weighted by Crippen LogP contribution is 2.20. The van der Waals surface area contributed by atoms with E-state index in [1.54, 1.807) is 0 Å². The molecule has 0 fully saturated rings. The zero-order valence-corrected chi connectivity index (χ0v) is 12.5. The van der Waals surface area contributed by atoms with Crippen LogP contribution in [-0.4, -0.2) is 18.8 Å². The van der Waals surface area contributed by atoms with Crippen molar-refractivity contribution < 1.29 is 0 Å². The maximum atomic E-state index is 5.84. The first kappa shape index (κ1) is 14.9. The van der Waals surface area contributed by atoms with E-state index in [1.165, 1.54) is 11.3 Å². The van der Waals surface area contributed by atoms with Crippen LogP contribution in [0.5, 0.6) is 0 Å². The molecule has 0 aliphatic rings. The van der Waals surface area contributed by atoms with Crippen molar-refractivity contribution in [3.63, 3.8) is 0 Å². The van der Waals surface area contributed by atoms with Crippen LogP contribution in [0, 0.1) is 5.41 Å². The minimum absolute atomic E-state index is 0.427. The Morgan fingerprint density at radius 1 is 1.12 bits per heavy atom. The van der Waals surface area contributed by atoms with Gasteiger partial charge in [0, 0.05) is 22.2 Å². The van der Waals surface area contributed by atoms with Crippen molar-refractivity contribution in [1.82, 2.24) is 5.32 Å². The van der Waals surface area contributed by atoms with E-state index in [2.05, 4.69) is 38.2 Å². The lowest BCUT2D eigenvalue weighted by molar-refractivity contribution is 0.369. The average Bonchev–Trinajstić information content (AvgIpc) is 2.24. The molecule has 1 aromatic rings. The lowest BCUT2D eigenvalue weighted by Crippen LogP contribution is -2.22. The highest BCUT2D eigenvalue weighted by molar-refractivity contribution is 7.99. The van der Waals surface area contributed by atoms with Gasteiger partial charge < -0.3 is 5.32 Å². The Kier molecular flexibility index (Phi) is 6.39. The Hall–Kier alpha value is -0.180. The second-order valence-electron chi connectivity index (χ2n) is 5.36. The van der Waals surface area contributed by atoms with E-state index in [-0.39, 0.29) is 0 Å². The lowest BCUT2D eigenvalue weighted by atomic mass is 9.92. The molecule has 0 aliphatic carbocycles. The van der Waals surface area contributed by atoms with Crippen LogP contribution in [-0.2, 0) is 0 Å². The van der Waals surface area contributed by atoms with Crippen molar-refractivity contribution >= 4 is 23.4 Å². The molecule has 0 saturated carbocycles. The Morgan fingerprint density at radius 3 is 2.35 bits per heavy atom. The minimum atomic E-state index is 0.427. The fourth-order valence-electron chi connectivity index (χ4n) is 1.36. The van der Waals surface area contributed by atoms with E-state index in [4.69, 9.17) is 11.6 Å². The lowest BCUT2D eigenvalue weighted by Gasteiger charge is -2.17. The zero-order chi connectivity index (χ0) is 12.7. The Bertz CT molecular complexity index is 316. The topological polar surface area (TPSA) is 12.0 Å². The van der Waals surface area contributed by atoms with Gasteiger partial charge in [-0.15, -0.1) is 11.8 Å². The Balaban J connectivity index is 2.07. The van der Waals surface area contributed by atoms with Gasteiger partial charge in [0.25, 0.3) is 0 Å². The SMILES string of the molecule is CC(C)(C)CCNCCSc1ccc(Cl)cc1. The third kappa shape index (κ3) is 7.69. The van der Waals surface area contributed by atoms with E-state index in [0.29, 0.717) is 5.41 Å². The van der Waals surface area contributed by atoms with E-state index >= 15 is 0 Å². The van der Waals surface area contributed by atoms with Gasteiger partial charge in [-0.1, -0.05) is 32.4 Å². The smallest absolute Gasteiger partial charge is 0.0406 e. The van der Waals surface area contributed by atoms with Gasteiger partial charge in [0.15, 0.2) is 0 Å². The van der Waals surface area contributed by atoms with Crippen molar-refractivity contribution in [3.8, 4) is 0 Å². The summed E-state index contributed by atoms with van der Waals surface area (Å²) in [6.07, 6.45) is 1.22. The van der Waals surface area contributed by atoms with Crippen LogP contribution < -0.4 is 5.32 Å². The number of halogens is 1. The monoisotopic (exact) mass is 271 g/mol. The molecule has 1 rings (SSSR count). The van der Waals surface area contributed by atoms with Crippen LogP contribution in [0.2, 0.25) is 5.02 Å². The number of benzene rings is 1. The summed E-state index contributed by atoms with van der Waals surface area (Å²) in [7, 11) is 0. The molecular weight excluding hydrogens is 250 g/mol. The third-order valence-corrected chi connectivity index (χ3v) is 3.68. The van der Waals surface area contributed by atoms with Gasteiger partial charge in [0.1, 0.15) is 0 Å². The zero-order valence-electron chi connectivity index (χ0n) is 10.9. The summed E-state index contributed by atoms with van der Waals surface area (Å²) in [6, 6.07) is 8.03. The molecule has 0 heterocycles. The number of hydrogen-bond acceptors (Lipinski definition) is 2. The molecule has 1 nitrogen and oxygen atoms in total. The van der Waals surface area contributed by atoms with Crippen LogP contribution in [0.1, 0.15) is 27.2 Å². The summed E-state index contributed by atoms with van der Waals surface area (Å²) >= 11 is 7.70. The van der Waals surface area contributed by atoms with E-state index in [0.717, 1.165) is 23.9 Å². The molecule has 0 radical (unpaired) electrons. The molecule has 96 valence electrons. The quantitative estimate of drug-likeness (QED) is 0.606. The molecule has 3 heteroatoms. The van der Waals surface area contributed by atoms with E-state index < -0.39 is 0 Å². The maximum absolute atomic E-state index is 5.84.